The van der Waals surface area contributed by atoms with Crippen LogP contribution >= 0.6 is 0 Å². The van der Waals surface area contributed by atoms with Crippen LogP contribution in [0.15, 0.2) is 36.8 Å². The van der Waals surface area contributed by atoms with Crippen LogP contribution in [-0.2, 0) is 6.42 Å². The Labute approximate surface area is 113 Å². The van der Waals surface area contributed by atoms with Crippen LogP contribution in [0.5, 0.6) is 0 Å². The Balaban J connectivity index is 1.98. The van der Waals surface area contributed by atoms with Crippen LogP contribution in [-0.4, -0.2) is 9.97 Å². The number of rotatable bonds is 2. The van der Waals surface area contributed by atoms with Crippen molar-refractivity contribution in [2.45, 2.75) is 38.1 Å². The standard InChI is InChI=1S/C16H19N3/c1-11-7-9-18-10-14(11)15(17)13-6-2-4-12-5-3-8-19-16(12)13/h3,5,7-10,13,15H,2,4,6,17H2,1H3. The third-order valence-corrected chi connectivity index (χ3v) is 4.11. The van der Waals surface area contributed by atoms with Gasteiger partial charge in [-0.3, -0.25) is 9.97 Å². The summed E-state index contributed by atoms with van der Waals surface area (Å²) in [5, 5.41) is 0. The highest BCUT2D eigenvalue weighted by Gasteiger charge is 2.28. The SMILES string of the molecule is Cc1ccncc1C(N)C1CCCc2cccnc21. The molecule has 0 aromatic carbocycles. The molecule has 19 heavy (non-hydrogen) atoms. The Bertz CT molecular complexity index is 580. The van der Waals surface area contributed by atoms with Gasteiger partial charge in [0.1, 0.15) is 0 Å². The predicted molar refractivity (Wildman–Crippen MR) is 75.8 cm³/mol. The van der Waals surface area contributed by atoms with Gasteiger partial charge in [-0.2, -0.15) is 0 Å². The van der Waals surface area contributed by atoms with E-state index in [4.69, 9.17) is 5.73 Å². The highest BCUT2D eigenvalue weighted by atomic mass is 14.8. The zero-order chi connectivity index (χ0) is 13.2. The van der Waals surface area contributed by atoms with Crippen molar-refractivity contribution in [2.24, 2.45) is 5.73 Å². The fourth-order valence-electron chi connectivity index (χ4n) is 3.04. The van der Waals surface area contributed by atoms with E-state index in [2.05, 4.69) is 23.0 Å². The number of aromatic nitrogens is 2. The van der Waals surface area contributed by atoms with E-state index in [9.17, 15) is 0 Å². The van der Waals surface area contributed by atoms with Crippen molar-refractivity contribution in [2.75, 3.05) is 0 Å². The van der Waals surface area contributed by atoms with E-state index in [1.165, 1.54) is 23.2 Å². The number of aryl methyl sites for hydroxylation is 2. The lowest BCUT2D eigenvalue weighted by molar-refractivity contribution is 0.461. The maximum atomic E-state index is 6.51. The van der Waals surface area contributed by atoms with Crippen LogP contribution < -0.4 is 5.73 Å². The summed E-state index contributed by atoms with van der Waals surface area (Å²) < 4.78 is 0. The minimum atomic E-state index is -0.0114. The average Bonchev–Trinajstić information content (AvgIpc) is 2.46. The van der Waals surface area contributed by atoms with E-state index in [1.54, 1.807) is 0 Å². The van der Waals surface area contributed by atoms with Crippen LogP contribution in [0.1, 0.15) is 47.2 Å². The predicted octanol–water partition coefficient (Wildman–Crippen LogP) is 2.90. The summed E-state index contributed by atoms with van der Waals surface area (Å²) in [4.78, 5) is 8.79. The molecule has 3 heteroatoms. The maximum absolute atomic E-state index is 6.51. The summed E-state index contributed by atoms with van der Waals surface area (Å²) in [7, 11) is 0. The van der Waals surface area contributed by atoms with E-state index in [-0.39, 0.29) is 6.04 Å². The first-order valence-electron chi connectivity index (χ1n) is 6.87. The van der Waals surface area contributed by atoms with E-state index in [1.807, 2.05) is 30.7 Å². The van der Waals surface area contributed by atoms with Gasteiger partial charge in [0.25, 0.3) is 0 Å². The Kier molecular flexibility index (Phi) is 3.30. The summed E-state index contributed by atoms with van der Waals surface area (Å²) in [5.74, 6) is 0.313. The number of pyridine rings is 2. The first kappa shape index (κ1) is 12.3. The molecule has 0 bridgehead atoms. The summed E-state index contributed by atoms with van der Waals surface area (Å²) in [6, 6.07) is 6.21. The minimum Gasteiger partial charge on any atom is -0.323 e. The molecule has 0 spiro atoms. The van der Waals surface area contributed by atoms with Gasteiger partial charge in [-0.25, -0.2) is 0 Å². The molecule has 2 unspecified atom stereocenters. The van der Waals surface area contributed by atoms with Gasteiger partial charge >= 0.3 is 0 Å². The fourth-order valence-corrected chi connectivity index (χ4v) is 3.04. The van der Waals surface area contributed by atoms with Gasteiger partial charge < -0.3 is 5.73 Å². The number of hydrogen-bond acceptors (Lipinski definition) is 3. The van der Waals surface area contributed by atoms with E-state index in [0.29, 0.717) is 5.92 Å². The smallest absolute Gasteiger partial charge is 0.0485 e. The normalized spacial score (nSPS) is 19.8. The number of hydrogen-bond donors (Lipinski definition) is 1. The third-order valence-electron chi connectivity index (χ3n) is 4.11. The lowest BCUT2D eigenvalue weighted by atomic mass is 9.79. The second-order valence-corrected chi connectivity index (χ2v) is 5.30. The molecule has 0 saturated heterocycles. The van der Waals surface area contributed by atoms with Crippen LogP contribution in [0.2, 0.25) is 0 Å². The van der Waals surface area contributed by atoms with E-state index >= 15 is 0 Å². The van der Waals surface area contributed by atoms with Gasteiger partial charge in [0.2, 0.25) is 0 Å². The van der Waals surface area contributed by atoms with Crippen molar-refractivity contribution in [3.05, 3.63) is 59.2 Å². The quantitative estimate of drug-likeness (QED) is 0.895. The van der Waals surface area contributed by atoms with Crippen LogP contribution in [0.25, 0.3) is 0 Å². The molecule has 0 aliphatic heterocycles. The zero-order valence-electron chi connectivity index (χ0n) is 11.2. The average molecular weight is 253 g/mol. The Hall–Kier alpha value is -1.74. The summed E-state index contributed by atoms with van der Waals surface area (Å²) >= 11 is 0. The molecule has 98 valence electrons. The Morgan fingerprint density at radius 2 is 2.21 bits per heavy atom. The highest BCUT2D eigenvalue weighted by molar-refractivity contribution is 5.33. The van der Waals surface area contributed by atoms with Gasteiger partial charge in [0, 0.05) is 36.2 Å². The molecule has 2 aromatic heterocycles. The zero-order valence-corrected chi connectivity index (χ0v) is 11.2. The summed E-state index contributed by atoms with van der Waals surface area (Å²) in [6.07, 6.45) is 9.02. The molecular formula is C16H19N3. The summed E-state index contributed by atoms with van der Waals surface area (Å²) in [6.45, 7) is 2.10. The Morgan fingerprint density at radius 1 is 1.32 bits per heavy atom. The third kappa shape index (κ3) is 2.26. The van der Waals surface area contributed by atoms with Crippen LogP contribution in [0.3, 0.4) is 0 Å². The van der Waals surface area contributed by atoms with Crippen molar-refractivity contribution >= 4 is 0 Å². The number of fused-ring (bicyclic) bond motifs is 1. The lowest BCUT2D eigenvalue weighted by Gasteiger charge is -2.29. The molecule has 0 saturated carbocycles. The molecule has 0 radical (unpaired) electrons. The topological polar surface area (TPSA) is 51.8 Å². The molecular weight excluding hydrogens is 234 g/mol. The molecule has 2 atom stereocenters. The van der Waals surface area contributed by atoms with Crippen LogP contribution in [0.4, 0.5) is 0 Å². The first-order valence-corrected chi connectivity index (χ1v) is 6.87. The van der Waals surface area contributed by atoms with E-state index < -0.39 is 0 Å². The molecule has 3 rings (SSSR count). The van der Waals surface area contributed by atoms with Gasteiger partial charge in [-0.15, -0.1) is 0 Å². The van der Waals surface area contributed by atoms with Crippen molar-refractivity contribution in [1.82, 2.24) is 9.97 Å². The highest BCUT2D eigenvalue weighted by Crippen LogP contribution is 2.38. The summed E-state index contributed by atoms with van der Waals surface area (Å²) in [5.41, 5.74) is 11.4. The monoisotopic (exact) mass is 253 g/mol. The molecule has 2 heterocycles. The second-order valence-electron chi connectivity index (χ2n) is 5.30. The van der Waals surface area contributed by atoms with Crippen LogP contribution in [0, 0.1) is 6.92 Å². The lowest BCUT2D eigenvalue weighted by Crippen LogP contribution is -2.25. The van der Waals surface area contributed by atoms with Crippen molar-refractivity contribution in [3.63, 3.8) is 0 Å². The fraction of sp³-hybridized carbons (Fsp3) is 0.375. The van der Waals surface area contributed by atoms with Crippen molar-refractivity contribution in [3.8, 4) is 0 Å². The Morgan fingerprint density at radius 3 is 3.05 bits per heavy atom. The van der Waals surface area contributed by atoms with Gasteiger partial charge in [-0.05, 0) is 55.0 Å². The van der Waals surface area contributed by atoms with Gasteiger partial charge in [-0.1, -0.05) is 6.07 Å². The molecule has 1 aliphatic carbocycles. The second kappa shape index (κ2) is 5.10. The minimum absolute atomic E-state index is 0.0114. The molecule has 0 fully saturated rings. The number of nitrogens with two attached hydrogens (primary N) is 1. The first-order chi connectivity index (χ1) is 9.27. The molecule has 2 N–H and O–H groups in total. The van der Waals surface area contributed by atoms with Gasteiger partial charge in [0.05, 0.1) is 0 Å². The van der Waals surface area contributed by atoms with E-state index in [0.717, 1.165) is 18.4 Å². The molecule has 1 aliphatic rings. The van der Waals surface area contributed by atoms with Crippen molar-refractivity contribution in [1.29, 1.82) is 0 Å². The molecule has 3 nitrogen and oxygen atoms in total. The molecule has 2 aromatic rings. The largest absolute Gasteiger partial charge is 0.323 e. The maximum Gasteiger partial charge on any atom is 0.0485 e. The van der Waals surface area contributed by atoms with Crippen molar-refractivity contribution < 1.29 is 0 Å². The molecule has 0 amide bonds. The number of nitrogens with zero attached hydrogens (tertiary/aromatic N) is 2. The van der Waals surface area contributed by atoms with Gasteiger partial charge in [0.15, 0.2) is 0 Å².